The van der Waals surface area contributed by atoms with Crippen LogP contribution < -0.4 is 0 Å². The molecule has 3 aromatic heterocycles. The second-order valence-corrected chi connectivity index (χ2v) is 5.62. The second-order valence-electron chi connectivity index (χ2n) is 5.62. The molecule has 5 heteroatoms. The van der Waals surface area contributed by atoms with Crippen LogP contribution in [0.3, 0.4) is 0 Å². The molecule has 0 unspecified atom stereocenters. The van der Waals surface area contributed by atoms with E-state index in [2.05, 4.69) is 16.0 Å². The Balaban J connectivity index is 0.000000152. The number of aromatic nitrogens is 2. The third-order valence-electron chi connectivity index (χ3n) is 3.90. The molecule has 135 valence electrons. The third kappa shape index (κ3) is 4.05. The summed E-state index contributed by atoms with van der Waals surface area (Å²) < 4.78 is 5.55. The van der Waals surface area contributed by atoms with Crippen molar-refractivity contribution < 1.29 is 24.5 Å². The van der Waals surface area contributed by atoms with Gasteiger partial charge in [0.15, 0.2) is 5.58 Å². The van der Waals surface area contributed by atoms with Gasteiger partial charge in [-0.15, -0.1) is 41.6 Å². The number of hydrogen-bond donors (Lipinski definition) is 0. The number of fused-ring (bicyclic) bond motifs is 3. The van der Waals surface area contributed by atoms with Crippen LogP contribution in [0.4, 0.5) is 5.69 Å². The van der Waals surface area contributed by atoms with Gasteiger partial charge in [0.05, 0.1) is 0 Å². The molecular formula is C22H15IrN3O-2. The minimum Gasteiger partial charge on any atom is -0.698 e. The molecule has 0 aliphatic heterocycles. The van der Waals surface area contributed by atoms with E-state index >= 15 is 0 Å². The van der Waals surface area contributed by atoms with Crippen LogP contribution in [0.15, 0.2) is 89.6 Å². The van der Waals surface area contributed by atoms with Crippen LogP contribution in [0, 0.1) is 6.07 Å². The minimum absolute atomic E-state index is 0. The van der Waals surface area contributed by atoms with Crippen molar-refractivity contribution in [2.75, 3.05) is 0 Å². The Bertz CT molecular complexity index is 1100. The monoisotopic (exact) mass is 530 g/mol. The molecule has 5 aromatic rings. The van der Waals surface area contributed by atoms with Gasteiger partial charge in [-0.2, -0.15) is 0 Å². The molecule has 3 heterocycles. The maximum Gasteiger partial charge on any atom is 0.153 e. The van der Waals surface area contributed by atoms with Crippen LogP contribution >= 0.6 is 0 Å². The van der Waals surface area contributed by atoms with Crippen LogP contribution in [0.25, 0.3) is 39.1 Å². The van der Waals surface area contributed by atoms with Gasteiger partial charge in [0.25, 0.3) is 0 Å². The topological polar surface area (TPSA) is 62.7 Å². The molecule has 0 spiro atoms. The van der Waals surface area contributed by atoms with E-state index in [1.807, 2.05) is 66.7 Å². The Morgan fingerprint density at radius 3 is 2.37 bits per heavy atom. The van der Waals surface area contributed by atoms with Crippen molar-refractivity contribution in [2.24, 2.45) is 0 Å². The van der Waals surface area contributed by atoms with E-state index in [0.717, 1.165) is 33.3 Å². The van der Waals surface area contributed by atoms with Crippen LogP contribution in [-0.4, -0.2) is 9.97 Å². The summed E-state index contributed by atoms with van der Waals surface area (Å²) in [5.74, 6) is 0. The number of hydrogen-bond acceptors (Lipinski definition) is 3. The van der Waals surface area contributed by atoms with Gasteiger partial charge < -0.3 is 15.1 Å². The van der Waals surface area contributed by atoms with Gasteiger partial charge >= 0.3 is 0 Å². The first-order chi connectivity index (χ1) is 12.8. The Kier molecular flexibility index (Phi) is 5.97. The number of nitrogens with one attached hydrogen (secondary N) is 1. The first-order valence-corrected chi connectivity index (χ1v) is 8.19. The van der Waals surface area contributed by atoms with Gasteiger partial charge in [0.1, 0.15) is 11.1 Å². The Morgan fingerprint density at radius 1 is 0.778 bits per heavy atom. The standard InChI is InChI=1S/C11H7N2O.C11H8N.Ir/c12-7-3-1-4-8-10(7)11-9(14-8)5-2-6-13-11;1-2-6-10(7-3-1)11-8-4-5-9-12-11;/h1-6,12H;1-6,8-9H;/q2*-1;. The van der Waals surface area contributed by atoms with Crippen molar-refractivity contribution in [1.82, 2.24) is 9.97 Å². The van der Waals surface area contributed by atoms with Gasteiger partial charge in [0.2, 0.25) is 0 Å². The normalized spacial score (nSPS) is 10.1. The molecule has 1 N–H and O–H groups in total. The largest absolute Gasteiger partial charge is 0.698 e. The van der Waals surface area contributed by atoms with E-state index in [-0.39, 0.29) is 20.1 Å². The van der Waals surface area contributed by atoms with Gasteiger partial charge in [-0.25, -0.2) is 0 Å². The number of rotatable bonds is 1. The smallest absolute Gasteiger partial charge is 0.153 e. The van der Waals surface area contributed by atoms with Crippen molar-refractivity contribution in [2.45, 2.75) is 0 Å². The molecule has 0 fully saturated rings. The molecule has 0 aliphatic rings. The maximum absolute atomic E-state index is 7.76. The summed E-state index contributed by atoms with van der Waals surface area (Å²) in [4.78, 5) is 8.43. The molecule has 2 aromatic carbocycles. The summed E-state index contributed by atoms with van der Waals surface area (Å²) in [6, 6.07) is 25.9. The number of benzene rings is 2. The third-order valence-corrected chi connectivity index (χ3v) is 3.90. The van der Waals surface area contributed by atoms with Gasteiger partial charge in [0, 0.05) is 37.9 Å². The van der Waals surface area contributed by atoms with E-state index in [4.69, 9.17) is 10.2 Å². The fourth-order valence-corrected chi connectivity index (χ4v) is 2.71. The molecular weight excluding hydrogens is 514 g/mol. The first-order valence-electron chi connectivity index (χ1n) is 8.19. The molecule has 27 heavy (non-hydrogen) atoms. The van der Waals surface area contributed by atoms with E-state index < -0.39 is 0 Å². The maximum atomic E-state index is 7.76. The molecule has 0 saturated carbocycles. The van der Waals surface area contributed by atoms with E-state index in [1.165, 1.54) is 0 Å². The predicted octanol–water partition coefficient (Wildman–Crippen LogP) is 6.21. The van der Waals surface area contributed by atoms with Crippen molar-refractivity contribution in [3.05, 3.63) is 97.0 Å². The van der Waals surface area contributed by atoms with Crippen molar-refractivity contribution >= 4 is 27.8 Å². The van der Waals surface area contributed by atoms with Gasteiger partial charge in [-0.3, -0.25) is 4.98 Å². The summed E-state index contributed by atoms with van der Waals surface area (Å²) in [7, 11) is 0. The fraction of sp³-hybridized carbons (Fsp3) is 0. The molecule has 5 rings (SSSR count). The summed E-state index contributed by atoms with van der Waals surface area (Å²) >= 11 is 0. The molecule has 0 atom stereocenters. The van der Waals surface area contributed by atoms with Crippen molar-refractivity contribution in [3.8, 4) is 11.3 Å². The Labute approximate surface area is 170 Å². The van der Waals surface area contributed by atoms with Gasteiger partial charge in [-0.1, -0.05) is 24.3 Å². The average Bonchev–Trinajstić information content (AvgIpc) is 3.10. The van der Waals surface area contributed by atoms with Crippen molar-refractivity contribution in [3.63, 3.8) is 0 Å². The molecule has 0 saturated heterocycles. The van der Waals surface area contributed by atoms with E-state index in [1.54, 1.807) is 18.5 Å². The van der Waals surface area contributed by atoms with Crippen LogP contribution in [-0.2, 0) is 20.1 Å². The van der Waals surface area contributed by atoms with Crippen LogP contribution in [0.2, 0.25) is 0 Å². The summed E-state index contributed by atoms with van der Waals surface area (Å²) in [6.07, 6.45) is 3.50. The van der Waals surface area contributed by atoms with Gasteiger partial charge in [-0.05, 0) is 30.0 Å². The van der Waals surface area contributed by atoms with E-state index in [9.17, 15) is 0 Å². The Hall–Kier alpha value is -3.01. The van der Waals surface area contributed by atoms with Crippen LogP contribution in [0.1, 0.15) is 0 Å². The molecule has 0 amide bonds. The quantitative estimate of drug-likeness (QED) is 0.243. The second kappa shape index (κ2) is 8.58. The molecule has 4 nitrogen and oxygen atoms in total. The SMILES string of the molecule is [Ir].[NH-]c1cccc2oc3cccnc3c12.[c-]1ccccc1-c1ccccn1. The zero-order valence-corrected chi connectivity index (χ0v) is 16.6. The summed E-state index contributed by atoms with van der Waals surface area (Å²) in [6.45, 7) is 0. The predicted molar refractivity (Wildman–Crippen MR) is 104 cm³/mol. The number of nitrogens with zero attached hydrogens (tertiary/aromatic N) is 2. The average molecular weight is 530 g/mol. The summed E-state index contributed by atoms with van der Waals surface area (Å²) in [5.41, 5.74) is 12.5. The molecule has 1 radical (unpaired) electrons. The molecule has 0 bridgehead atoms. The zero-order valence-electron chi connectivity index (χ0n) is 14.2. The first kappa shape index (κ1) is 18.8. The minimum atomic E-state index is 0. The van der Waals surface area contributed by atoms with Crippen molar-refractivity contribution in [1.29, 1.82) is 0 Å². The fourth-order valence-electron chi connectivity index (χ4n) is 2.71. The van der Waals surface area contributed by atoms with E-state index in [0.29, 0.717) is 5.69 Å². The number of furan rings is 1. The molecule has 0 aliphatic carbocycles. The number of pyridine rings is 2. The zero-order chi connectivity index (χ0) is 17.8. The Morgan fingerprint density at radius 2 is 1.59 bits per heavy atom. The summed E-state index contributed by atoms with van der Waals surface area (Å²) in [5, 5.41) is 0.795. The van der Waals surface area contributed by atoms with Crippen LogP contribution in [0.5, 0.6) is 0 Å².